The van der Waals surface area contributed by atoms with Gasteiger partial charge in [0.2, 0.25) is 0 Å². The lowest BCUT2D eigenvalue weighted by Gasteiger charge is -2.43. The maximum Gasteiger partial charge on any atom is 0.411 e. The Morgan fingerprint density at radius 1 is 1.20 bits per heavy atom. The summed E-state index contributed by atoms with van der Waals surface area (Å²) in [5.74, 6) is 0. The summed E-state index contributed by atoms with van der Waals surface area (Å²) in [6.45, 7) is 8.63. The zero-order chi connectivity index (χ0) is 17.9. The molecule has 1 fully saturated rings. The summed E-state index contributed by atoms with van der Waals surface area (Å²) in [4.78, 5) is 14.6. The Balaban J connectivity index is 1.82. The first-order valence-electron chi connectivity index (χ1n) is 8.78. The number of benzene rings is 2. The number of hydrogen-bond donors (Lipinski definition) is 0. The van der Waals surface area contributed by atoms with Gasteiger partial charge in [0.15, 0.2) is 0 Å². The van der Waals surface area contributed by atoms with Crippen molar-refractivity contribution < 1.29 is 9.53 Å². The second-order valence-electron chi connectivity index (χ2n) is 6.75. The molecule has 1 heterocycles. The lowest BCUT2D eigenvalue weighted by molar-refractivity contribution is -0.0588. The summed E-state index contributed by atoms with van der Waals surface area (Å²) >= 11 is 0. The molecule has 0 aliphatic carbocycles. The van der Waals surface area contributed by atoms with Gasteiger partial charge in [-0.05, 0) is 25.0 Å². The highest BCUT2D eigenvalue weighted by Gasteiger charge is 2.42. The van der Waals surface area contributed by atoms with Crippen LogP contribution in [-0.2, 0) is 10.3 Å². The van der Waals surface area contributed by atoms with E-state index in [1.807, 2.05) is 41.3 Å². The van der Waals surface area contributed by atoms with Gasteiger partial charge >= 0.3 is 6.09 Å². The minimum absolute atomic E-state index is 0.00870. The fraction of sp³-hybridized carbons (Fsp3) is 0.318. The van der Waals surface area contributed by atoms with Crippen molar-refractivity contribution in [2.45, 2.75) is 38.3 Å². The van der Waals surface area contributed by atoms with Crippen LogP contribution in [-0.4, -0.2) is 17.5 Å². The minimum atomic E-state index is -0.608. The second-order valence-corrected chi connectivity index (χ2v) is 6.75. The van der Waals surface area contributed by atoms with E-state index in [1.165, 1.54) is 5.56 Å². The number of rotatable bonds is 5. The Kier molecular flexibility index (Phi) is 4.93. The highest BCUT2D eigenvalue weighted by molar-refractivity contribution is 5.70. The molecule has 0 radical (unpaired) electrons. The lowest BCUT2D eigenvalue weighted by Crippen LogP contribution is -2.48. The van der Waals surface area contributed by atoms with E-state index >= 15 is 0 Å². The number of amides is 1. The first-order valence-corrected chi connectivity index (χ1v) is 8.78. The maximum absolute atomic E-state index is 12.8. The summed E-state index contributed by atoms with van der Waals surface area (Å²) in [7, 11) is 0. The van der Waals surface area contributed by atoms with Gasteiger partial charge in [-0.2, -0.15) is 0 Å². The van der Waals surface area contributed by atoms with Crippen LogP contribution in [0.2, 0.25) is 0 Å². The average Bonchev–Trinajstić information content (AvgIpc) is 2.63. The van der Waals surface area contributed by atoms with E-state index in [0.29, 0.717) is 13.0 Å². The molecule has 2 unspecified atom stereocenters. The van der Waals surface area contributed by atoms with Crippen molar-refractivity contribution in [2.24, 2.45) is 0 Å². The maximum atomic E-state index is 12.8. The molecular weight excluding hydrogens is 310 g/mol. The second kappa shape index (κ2) is 7.14. The highest BCUT2D eigenvalue weighted by atomic mass is 16.6. The smallest absolute Gasteiger partial charge is 0.411 e. The summed E-state index contributed by atoms with van der Waals surface area (Å²) in [5, 5.41) is 0. The molecule has 1 aliphatic heterocycles. The topological polar surface area (TPSA) is 29.5 Å². The quantitative estimate of drug-likeness (QED) is 0.688. The molecule has 1 aliphatic rings. The molecule has 3 nitrogen and oxygen atoms in total. The fourth-order valence-electron chi connectivity index (χ4n) is 3.49. The van der Waals surface area contributed by atoms with Gasteiger partial charge in [-0.3, -0.25) is 0 Å². The predicted octanol–water partition coefficient (Wildman–Crippen LogP) is 5.37. The van der Waals surface area contributed by atoms with Crippen LogP contribution in [0.15, 0.2) is 67.3 Å². The normalized spacial score (nSPS) is 21.5. The number of hydrogen-bond acceptors (Lipinski definition) is 2. The molecule has 0 bridgehead atoms. The Hall–Kier alpha value is -2.55. The molecule has 1 saturated heterocycles. The van der Waals surface area contributed by atoms with Crippen molar-refractivity contribution in [3.05, 3.63) is 83.9 Å². The number of cyclic esters (lactones) is 1. The molecule has 0 saturated carbocycles. The van der Waals surface area contributed by atoms with E-state index in [9.17, 15) is 4.79 Å². The fourth-order valence-corrected chi connectivity index (χ4v) is 3.49. The first-order chi connectivity index (χ1) is 12.1. The predicted molar refractivity (Wildman–Crippen MR) is 100 cm³/mol. The van der Waals surface area contributed by atoms with E-state index in [-0.39, 0.29) is 12.1 Å². The molecular formula is C22H25NO2. The summed E-state index contributed by atoms with van der Waals surface area (Å²) in [5.41, 5.74) is 2.76. The minimum Gasteiger partial charge on any atom is -0.437 e. The summed E-state index contributed by atoms with van der Waals surface area (Å²) in [6, 6.07) is 18.3. The molecule has 2 aromatic carbocycles. The zero-order valence-corrected chi connectivity index (χ0v) is 14.9. The van der Waals surface area contributed by atoms with Crippen molar-refractivity contribution in [1.82, 2.24) is 4.90 Å². The van der Waals surface area contributed by atoms with Crippen molar-refractivity contribution in [1.29, 1.82) is 0 Å². The van der Waals surface area contributed by atoms with E-state index < -0.39 is 5.60 Å². The Morgan fingerprint density at radius 3 is 2.48 bits per heavy atom. The summed E-state index contributed by atoms with van der Waals surface area (Å²) < 4.78 is 6.00. The van der Waals surface area contributed by atoms with Crippen LogP contribution in [0.25, 0.3) is 0 Å². The molecule has 3 rings (SSSR count). The largest absolute Gasteiger partial charge is 0.437 e. The van der Waals surface area contributed by atoms with Crippen LogP contribution in [0, 0.1) is 6.92 Å². The third-order valence-electron chi connectivity index (χ3n) is 5.07. The van der Waals surface area contributed by atoms with Crippen molar-refractivity contribution >= 4 is 6.09 Å². The first kappa shape index (κ1) is 17.3. The van der Waals surface area contributed by atoms with E-state index in [2.05, 4.69) is 44.7 Å². The van der Waals surface area contributed by atoms with E-state index in [1.54, 1.807) is 0 Å². The van der Waals surface area contributed by atoms with Crippen LogP contribution in [0.4, 0.5) is 4.79 Å². The van der Waals surface area contributed by atoms with Gasteiger partial charge in [0.05, 0.1) is 6.04 Å². The number of carbonyl (C=O) groups excluding carboxylic acids is 1. The molecule has 2 atom stereocenters. The molecule has 0 N–H and O–H groups in total. The van der Waals surface area contributed by atoms with Crippen LogP contribution < -0.4 is 0 Å². The molecule has 130 valence electrons. The number of aryl methyl sites for hydroxylation is 1. The standard InChI is InChI=1S/C22H25NO2/c1-4-14-22(20-8-6-5-7-9-20)15-16-23(21(24)25-22)18(3)19-12-10-17(2)11-13-19/h4-13,18H,1,14-16H2,2-3H3. The average molecular weight is 335 g/mol. The van der Waals surface area contributed by atoms with Gasteiger partial charge < -0.3 is 9.64 Å². The molecule has 25 heavy (non-hydrogen) atoms. The highest BCUT2D eigenvalue weighted by Crippen LogP contribution is 2.39. The number of nitrogens with zero attached hydrogens (tertiary/aromatic N) is 1. The Morgan fingerprint density at radius 2 is 1.88 bits per heavy atom. The van der Waals surface area contributed by atoms with Crippen LogP contribution in [0.1, 0.15) is 42.5 Å². The number of carbonyl (C=O) groups is 1. The van der Waals surface area contributed by atoms with Gasteiger partial charge in [0.1, 0.15) is 5.60 Å². The Labute approximate surface area is 149 Å². The zero-order valence-electron chi connectivity index (χ0n) is 14.9. The van der Waals surface area contributed by atoms with Gasteiger partial charge in [-0.1, -0.05) is 66.2 Å². The summed E-state index contributed by atoms with van der Waals surface area (Å²) in [6.07, 6.45) is 2.95. The van der Waals surface area contributed by atoms with E-state index in [4.69, 9.17) is 4.74 Å². The van der Waals surface area contributed by atoms with Gasteiger partial charge in [-0.15, -0.1) is 6.58 Å². The molecule has 0 aromatic heterocycles. The SMILES string of the molecule is C=CCC1(c2ccccc2)CCN(C(C)c2ccc(C)cc2)C(=O)O1. The van der Waals surface area contributed by atoms with Crippen molar-refractivity contribution in [3.63, 3.8) is 0 Å². The third kappa shape index (κ3) is 3.46. The van der Waals surface area contributed by atoms with Gasteiger partial charge in [-0.25, -0.2) is 4.79 Å². The van der Waals surface area contributed by atoms with Crippen molar-refractivity contribution in [3.8, 4) is 0 Å². The van der Waals surface area contributed by atoms with Crippen LogP contribution in [0.5, 0.6) is 0 Å². The molecule has 0 spiro atoms. The molecule has 3 heteroatoms. The third-order valence-corrected chi connectivity index (χ3v) is 5.07. The Bertz CT molecular complexity index is 738. The monoisotopic (exact) mass is 335 g/mol. The van der Waals surface area contributed by atoms with E-state index in [0.717, 1.165) is 17.5 Å². The molecule has 1 amide bonds. The van der Waals surface area contributed by atoms with Crippen molar-refractivity contribution in [2.75, 3.05) is 6.54 Å². The van der Waals surface area contributed by atoms with Gasteiger partial charge in [0.25, 0.3) is 0 Å². The lowest BCUT2D eigenvalue weighted by atomic mass is 9.85. The molecule has 2 aromatic rings. The van der Waals surface area contributed by atoms with Gasteiger partial charge in [0, 0.05) is 19.4 Å². The van der Waals surface area contributed by atoms with Crippen LogP contribution in [0.3, 0.4) is 0 Å². The van der Waals surface area contributed by atoms with Crippen LogP contribution >= 0.6 is 0 Å². The number of ether oxygens (including phenoxy) is 1.